The summed E-state index contributed by atoms with van der Waals surface area (Å²) in [7, 11) is -3.03. The number of nitrogens with one attached hydrogen (secondary N) is 2. The number of carbonyl (C=O) groups is 1. The number of anilines is 1. The van der Waals surface area contributed by atoms with E-state index in [0.717, 1.165) is 5.56 Å². The lowest BCUT2D eigenvalue weighted by Gasteiger charge is -2.10. The van der Waals surface area contributed by atoms with Crippen molar-refractivity contribution in [2.45, 2.75) is 19.0 Å². The second kappa shape index (κ2) is 6.91. The summed E-state index contributed by atoms with van der Waals surface area (Å²) in [4.78, 5) is 24.3. The maximum atomic E-state index is 12.1. The zero-order valence-electron chi connectivity index (χ0n) is 12.8. The van der Waals surface area contributed by atoms with Crippen LogP contribution in [0.15, 0.2) is 36.9 Å². The molecule has 0 aromatic carbocycles. The first kappa shape index (κ1) is 16.3. The second-order valence-electron chi connectivity index (χ2n) is 5.58. The lowest BCUT2D eigenvalue weighted by atomic mass is 10.2. The Kier molecular flexibility index (Phi) is 4.70. The van der Waals surface area contributed by atoms with Crippen LogP contribution in [0.25, 0.3) is 0 Å². The van der Waals surface area contributed by atoms with Crippen LogP contribution in [-0.4, -0.2) is 46.8 Å². The standard InChI is InChI=1S/C15H17N5O3S/c21-15(20-12-3-5-24(22,23)10-12)13-8-19-14(9-17-13)18-7-11-2-1-4-16-6-11/h1-2,4,6,8-9,12H,3,5,7,10H2,(H,18,19)(H,20,21). The summed E-state index contributed by atoms with van der Waals surface area (Å²) < 4.78 is 22.8. The molecule has 0 saturated carbocycles. The lowest BCUT2D eigenvalue weighted by Crippen LogP contribution is -2.36. The van der Waals surface area contributed by atoms with Crippen LogP contribution in [0.4, 0.5) is 5.82 Å². The molecule has 2 N–H and O–H groups in total. The Hall–Kier alpha value is -2.55. The number of carbonyl (C=O) groups excluding carboxylic acids is 1. The Labute approximate surface area is 139 Å². The van der Waals surface area contributed by atoms with Crippen LogP contribution in [0.2, 0.25) is 0 Å². The smallest absolute Gasteiger partial charge is 0.271 e. The molecule has 1 saturated heterocycles. The van der Waals surface area contributed by atoms with Crippen molar-refractivity contribution in [1.29, 1.82) is 0 Å². The third-order valence-corrected chi connectivity index (χ3v) is 5.42. The molecule has 0 bridgehead atoms. The van der Waals surface area contributed by atoms with Gasteiger partial charge in [-0.3, -0.25) is 9.78 Å². The van der Waals surface area contributed by atoms with Gasteiger partial charge < -0.3 is 10.6 Å². The van der Waals surface area contributed by atoms with Crippen molar-refractivity contribution in [2.24, 2.45) is 0 Å². The fourth-order valence-electron chi connectivity index (χ4n) is 2.40. The number of nitrogens with zero attached hydrogens (tertiary/aromatic N) is 3. The summed E-state index contributed by atoms with van der Waals surface area (Å²) in [5.74, 6) is 0.222. The van der Waals surface area contributed by atoms with Gasteiger partial charge in [-0.1, -0.05) is 6.07 Å². The van der Waals surface area contributed by atoms with Crippen molar-refractivity contribution in [3.8, 4) is 0 Å². The van der Waals surface area contributed by atoms with Crippen LogP contribution in [0, 0.1) is 0 Å². The molecule has 0 spiro atoms. The van der Waals surface area contributed by atoms with Gasteiger partial charge in [0.25, 0.3) is 5.91 Å². The van der Waals surface area contributed by atoms with Gasteiger partial charge in [-0.15, -0.1) is 0 Å². The molecule has 1 unspecified atom stereocenters. The molecular formula is C15H17N5O3S. The van der Waals surface area contributed by atoms with E-state index in [2.05, 4.69) is 25.6 Å². The number of pyridine rings is 1. The molecule has 1 aliphatic rings. The first-order valence-electron chi connectivity index (χ1n) is 7.48. The highest BCUT2D eigenvalue weighted by molar-refractivity contribution is 7.91. The summed E-state index contributed by atoms with van der Waals surface area (Å²) in [5, 5.41) is 5.77. The van der Waals surface area contributed by atoms with Gasteiger partial charge in [0.2, 0.25) is 0 Å². The van der Waals surface area contributed by atoms with Gasteiger partial charge in [-0.2, -0.15) is 0 Å². The van der Waals surface area contributed by atoms with E-state index in [1.54, 1.807) is 12.4 Å². The summed E-state index contributed by atoms with van der Waals surface area (Å²) in [6, 6.07) is 3.43. The van der Waals surface area contributed by atoms with Gasteiger partial charge in [-0.25, -0.2) is 18.4 Å². The summed E-state index contributed by atoms with van der Waals surface area (Å²) >= 11 is 0. The molecule has 2 aromatic heterocycles. The third kappa shape index (κ3) is 4.25. The monoisotopic (exact) mass is 347 g/mol. The number of aromatic nitrogens is 3. The maximum absolute atomic E-state index is 12.1. The number of sulfone groups is 1. The van der Waals surface area contributed by atoms with Crippen molar-refractivity contribution in [2.75, 3.05) is 16.8 Å². The van der Waals surface area contributed by atoms with Crippen LogP contribution < -0.4 is 10.6 Å². The van der Waals surface area contributed by atoms with E-state index in [-0.39, 0.29) is 23.2 Å². The van der Waals surface area contributed by atoms with Gasteiger partial charge in [-0.05, 0) is 18.1 Å². The predicted octanol–water partition coefficient (Wildman–Crippen LogP) is 0.401. The van der Waals surface area contributed by atoms with Gasteiger partial charge in [0.15, 0.2) is 9.84 Å². The summed E-state index contributed by atoms with van der Waals surface area (Å²) in [6.07, 6.45) is 6.72. The fraction of sp³-hybridized carbons (Fsp3) is 0.333. The van der Waals surface area contributed by atoms with Crippen LogP contribution in [0.5, 0.6) is 0 Å². The molecule has 9 heteroatoms. The van der Waals surface area contributed by atoms with Crippen molar-refractivity contribution >= 4 is 21.6 Å². The molecule has 24 heavy (non-hydrogen) atoms. The Bertz CT molecular complexity index is 809. The molecule has 1 amide bonds. The zero-order chi connectivity index (χ0) is 17.0. The average Bonchev–Trinajstić information content (AvgIpc) is 2.93. The molecule has 0 aliphatic carbocycles. The van der Waals surface area contributed by atoms with Crippen LogP contribution in [0.1, 0.15) is 22.5 Å². The van der Waals surface area contributed by atoms with E-state index in [1.165, 1.54) is 12.4 Å². The number of hydrogen-bond donors (Lipinski definition) is 2. The number of amides is 1. The van der Waals surface area contributed by atoms with Crippen molar-refractivity contribution in [1.82, 2.24) is 20.3 Å². The minimum atomic E-state index is -3.03. The summed E-state index contributed by atoms with van der Waals surface area (Å²) in [6.45, 7) is 0.550. The first-order valence-corrected chi connectivity index (χ1v) is 9.30. The topological polar surface area (TPSA) is 114 Å². The van der Waals surface area contributed by atoms with Crippen molar-refractivity contribution < 1.29 is 13.2 Å². The van der Waals surface area contributed by atoms with E-state index < -0.39 is 15.7 Å². The van der Waals surface area contributed by atoms with E-state index in [4.69, 9.17) is 0 Å². The van der Waals surface area contributed by atoms with Gasteiger partial charge in [0.05, 0.1) is 23.9 Å². The normalized spacial score (nSPS) is 18.9. The molecule has 0 radical (unpaired) electrons. The van der Waals surface area contributed by atoms with E-state index in [9.17, 15) is 13.2 Å². The average molecular weight is 347 g/mol. The molecule has 1 fully saturated rings. The molecule has 3 rings (SSSR count). The number of rotatable bonds is 5. The SMILES string of the molecule is O=C(NC1CCS(=O)(=O)C1)c1cnc(NCc2cccnc2)cn1. The van der Waals surface area contributed by atoms with E-state index in [1.807, 2.05) is 12.1 Å². The van der Waals surface area contributed by atoms with Crippen molar-refractivity contribution in [3.05, 3.63) is 48.2 Å². The minimum absolute atomic E-state index is 0.0169. The Morgan fingerprint density at radius 3 is 2.75 bits per heavy atom. The van der Waals surface area contributed by atoms with E-state index >= 15 is 0 Å². The van der Waals surface area contributed by atoms with Crippen molar-refractivity contribution in [3.63, 3.8) is 0 Å². The molecule has 1 aliphatic heterocycles. The highest BCUT2D eigenvalue weighted by atomic mass is 32.2. The third-order valence-electron chi connectivity index (χ3n) is 3.65. The highest BCUT2D eigenvalue weighted by Gasteiger charge is 2.29. The zero-order valence-corrected chi connectivity index (χ0v) is 13.7. The Morgan fingerprint density at radius 1 is 1.25 bits per heavy atom. The largest absolute Gasteiger partial charge is 0.365 e. The second-order valence-corrected chi connectivity index (χ2v) is 7.80. The molecule has 8 nitrogen and oxygen atoms in total. The van der Waals surface area contributed by atoms with Gasteiger partial charge in [0, 0.05) is 25.0 Å². The van der Waals surface area contributed by atoms with Crippen LogP contribution in [0.3, 0.4) is 0 Å². The fourth-order valence-corrected chi connectivity index (χ4v) is 4.07. The molecule has 1 atom stereocenters. The van der Waals surface area contributed by atoms with Crippen LogP contribution in [-0.2, 0) is 16.4 Å². The quantitative estimate of drug-likeness (QED) is 0.804. The first-order chi connectivity index (χ1) is 11.5. The highest BCUT2D eigenvalue weighted by Crippen LogP contribution is 2.12. The number of hydrogen-bond acceptors (Lipinski definition) is 7. The van der Waals surface area contributed by atoms with E-state index in [0.29, 0.717) is 18.8 Å². The molecule has 3 heterocycles. The van der Waals surface area contributed by atoms with Gasteiger partial charge >= 0.3 is 0 Å². The summed E-state index contributed by atoms with van der Waals surface area (Å²) in [5.41, 5.74) is 1.16. The molecular weight excluding hydrogens is 330 g/mol. The van der Waals surface area contributed by atoms with Crippen LogP contribution >= 0.6 is 0 Å². The lowest BCUT2D eigenvalue weighted by molar-refractivity contribution is 0.0935. The predicted molar refractivity (Wildman–Crippen MR) is 88.1 cm³/mol. The Morgan fingerprint density at radius 2 is 2.12 bits per heavy atom. The minimum Gasteiger partial charge on any atom is -0.365 e. The van der Waals surface area contributed by atoms with Gasteiger partial charge in [0.1, 0.15) is 11.5 Å². The molecule has 126 valence electrons. The maximum Gasteiger partial charge on any atom is 0.271 e. The molecule has 2 aromatic rings. The Balaban J connectivity index is 1.55.